The topological polar surface area (TPSA) is 140 Å². The van der Waals surface area contributed by atoms with Crippen molar-refractivity contribution in [3.05, 3.63) is 251 Å². The number of benzene rings is 9. The predicted octanol–water partition coefficient (Wildman–Crippen LogP) is 40.7. The van der Waals surface area contributed by atoms with Gasteiger partial charge in [-0.2, -0.15) is 0 Å². The molecule has 0 aromatic heterocycles. The van der Waals surface area contributed by atoms with Gasteiger partial charge in [-0.3, -0.25) is 0 Å². The average Bonchev–Trinajstić information content (AvgIpc) is 0.818. The van der Waals surface area contributed by atoms with Gasteiger partial charge in [0.2, 0.25) is 23.3 Å². The number of phenols is 4. The van der Waals surface area contributed by atoms with Gasteiger partial charge in [-0.1, -0.05) is 274 Å². The van der Waals surface area contributed by atoms with Gasteiger partial charge in [-0.15, -0.1) is 0 Å². The number of rotatable bonds is 14. The average molecular weight is 2600 g/mol. The van der Waals surface area contributed by atoms with Crippen molar-refractivity contribution in [3.8, 4) is 39.9 Å². The fraction of sp³-hybridized carbons (Fsp3) is 0.468. The molecule has 0 bridgehead atoms. The van der Waals surface area contributed by atoms with E-state index in [2.05, 4.69) is 20.0 Å². The van der Waals surface area contributed by atoms with Crippen molar-refractivity contribution in [2.24, 2.45) is 20.0 Å². The molecule has 150 heavy (non-hydrogen) atoms. The van der Waals surface area contributed by atoms with Crippen LogP contribution in [0.2, 0.25) is 0 Å². The summed E-state index contributed by atoms with van der Waals surface area (Å²) in [6.07, 6.45) is 52.8. The van der Waals surface area contributed by atoms with Gasteiger partial charge in [-0.05, 0) is 164 Å². The second-order valence-electron chi connectivity index (χ2n) is 36.9. The molecule has 4 fully saturated rings. The first kappa shape index (κ1) is 134. The summed E-state index contributed by atoms with van der Waals surface area (Å²) in [6, 6.07) is 23.1. The Labute approximate surface area is 940 Å². The summed E-state index contributed by atoms with van der Waals surface area (Å²) in [5.74, 6) is -41.1. The Morgan fingerprint density at radius 1 is 0.233 bits per heavy atom. The molecule has 4 aliphatic rings. The summed E-state index contributed by atoms with van der Waals surface area (Å²) in [5, 5.41) is 44.1. The normalized spacial score (nSPS) is 15.9. The number of aliphatic imine (C=N–C) groups is 4. The van der Waals surface area contributed by atoms with E-state index in [1.807, 2.05) is 62.4 Å². The number of hydrogen-bond acceptors (Lipinski definition) is 9. The van der Waals surface area contributed by atoms with E-state index in [9.17, 15) is 108 Å². The summed E-state index contributed by atoms with van der Waals surface area (Å²) in [5.41, 5.74) is 1.51. The van der Waals surface area contributed by atoms with Crippen molar-refractivity contribution in [2.75, 3.05) is 7.11 Å². The molecule has 9 aromatic rings. The minimum atomic E-state index is -2.25. The number of hydrogen-bond donors (Lipinski definition) is 4. The Morgan fingerprint density at radius 2 is 0.407 bits per heavy atom. The van der Waals surface area contributed by atoms with Crippen LogP contribution in [0, 0.1) is 130 Å². The van der Waals surface area contributed by atoms with Crippen molar-refractivity contribution in [3.63, 3.8) is 0 Å². The Morgan fingerprint density at radius 3 is 0.613 bits per heavy atom. The van der Waals surface area contributed by atoms with Gasteiger partial charge in [0.15, 0.2) is 93.1 Å². The molecule has 13 rings (SSSR count). The molecule has 0 spiro atoms. The molecule has 0 saturated heterocycles. The number of aromatic hydroxyl groups is 4. The first-order valence-electron chi connectivity index (χ1n) is 50.1. The van der Waals surface area contributed by atoms with E-state index in [0.717, 1.165) is 212 Å². The first-order chi connectivity index (χ1) is 72.0. The molecule has 9 aromatic carbocycles. The second kappa shape index (κ2) is 73.7. The number of ether oxygens (including phenoxy) is 1. The van der Waals surface area contributed by atoms with Crippen LogP contribution in [-0.4, -0.2) is 52.4 Å². The Bertz CT molecular complexity index is 5490. The zero-order valence-corrected chi connectivity index (χ0v) is 99.2. The standard InChI is InChI=1S/C31H32F5NO.C26H30F5NO2.2C26H30F5NO.8ClH.4Zr/c32-25-26(33)28(35)30(29(36)27(25)34)37-19-23-17-22(20-13-11-8-12-14-20)18-24(31(23)38)21-15-9-6-4-2-1-3-5-7-10-16-21;1-34-18-13-17(15-32-25-23(30)21(28)20(27)22(29)24(25)31)26(33)19(14-18)16-11-9-7-5-3-2-4-6-8-10-12-16;2*1-16-13-18(15-32-25-23(30)21(28)20(27)22(29)24(25)31)26(33)19(14-16)17-11-9-7-5-3-2-4-6-8-10-12-17;;;;;;;;;;;;/h8,11-14,17-19,21,38H,1-7,9-10,15-16H2;13-16,33H,2-12H2,1H3;2*13-15,17,33H,2-12H2,1H3;8*1H;;;;/q;;;;;;;;;;;;4*+2/p-8. The van der Waals surface area contributed by atoms with Gasteiger partial charge < -0.3 is 25.2 Å². The molecule has 0 radical (unpaired) electrons. The van der Waals surface area contributed by atoms with Crippen molar-refractivity contribution >= 4 is 116 Å². The summed E-state index contributed by atoms with van der Waals surface area (Å²) < 4.78 is 279. The van der Waals surface area contributed by atoms with E-state index in [0.29, 0.717) is 16.9 Å². The number of nitrogens with zero attached hydrogens (tertiary/aromatic N) is 4. The van der Waals surface area contributed by atoms with Crippen LogP contribution in [0.15, 0.2) is 98.8 Å². The van der Waals surface area contributed by atoms with Gasteiger partial charge in [0.05, 0.1) is 7.11 Å². The van der Waals surface area contributed by atoms with Crippen LogP contribution in [0.1, 0.15) is 362 Å². The molecule has 0 unspecified atom stereocenters. The third kappa shape index (κ3) is 42.4. The predicted molar refractivity (Wildman–Crippen MR) is 549 cm³/mol. The zero-order valence-electron chi connectivity index (χ0n) is 83.3. The molecule has 0 aliphatic heterocycles. The molecule has 4 aliphatic carbocycles. The van der Waals surface area contributed by atoms with Crippen molar-refractivity contribution in [2.45, 2.75) is 320 Å². The second-order valence-corrected chi connectivity index (χ2v) is 51.9. The monoisotopic (exact) mass is 2590 g/mol. The summed E-state index contributed by atoms with van der Waals surface area (Å²) in [7, 11) is 40.9. The van der Waals surface area contributed by atoms with Crippen LogP contribution in [-0.2, 0) is 83.4 Å². The molecule has 4 saturated carbocycles. The quantitative estimate of drug-likeness (QED) is 0.0372. The van der Waals surface area contributed by atoms with Crippen LogP contribution < -0.4 is 4.74 Å². The molecule has 820 valence electrons. The molecule has 0 atom stereocenters. The van der Waals surface area contributed by atoms with E-state index < -0.39 is 222 Å². The number of halogens is 28. The fourth-order valence-electron chi connectivity index (χ4n) is 18.8. The van der Waals surface area contributed by atoms with Crippen molar-refractivity contribution in [1.29, 1.82) is 0 Å². The van der Waals surface area contributed by atoms with Crippen LogP contribution in [0.3, 0.4) is 0 Å². The van der Waals surface area contributed by atoms with Crippen LogP contribution in [0.4, 0.5) is 111 Å². The SMILES string of the molecule is COc1cc(C=Nc2c(F)c(F)c(F)c(F)c2F)c(O)c(C2CCCCCCCCCCC2)c1.Cc1cc(C=Nc2c(F)c(F)c(F)c(F)c2F)c(O)c(C2CCCCCCCCCCC2)c1.Cc1cc(C=Nc2c(F)c(F)c(F)c(F)c2F)c(O)c(C2CCCCCCCCCCC2)c1.Oc1c(C=Nc2c(F)c(F)c(F)c(F)c2F)cc(-c2ccccc2)cc1C1CCCCCCCCCCC1.[Cl][Zr][Cl].[Cl][Zr][Cl].[Cl][Zr][Cl].[Cl][Zr][Cl]. The molecule has 9 nitrogen and oxygen atoms in total. The fourth-order valence-corrected chi connectivity index (χ4v) is 18.8. The summed E-state index contributed by atoms with van der Waals surface area (Å²) in [6.45, 7) is 3.65. The van der Waals surface area contributed by atoms with E-state index in [1.54, 1.807) is 24.3 Å². The third-order valence-corrected chi connectivity index (χ3v) is 26.5. The van der Waals surface area contributed by atoms with Crippen molar-refractivity contribution < 1.29 is 196 Å². The number of phenolic OH excluding ortho intramolecular Hbond substituents is 4. The Hall–Kier alpha value is -4.89. The van der Waals surface area contributed by atoms with Crippen LogP contribution in [0.25, 0.3) is 11.1 Å². The van der Waals surface area contributed by atoms with Crippen LogP contribution in [0.5, 0.6) is 28.7 Å². The third-order valence-electron chi connectivity index (χ3n) is 26.5. The first-order valence-corrected chi connectivity index (χ1v) is 75.4. The maximum atomic E-state index is 14.2. The number of methoxy groups -OCH3 is 1. The van der Waals surface area contributed by atoms with Gasteiger partial charge in [0.1, 0.15) is 51.5 Å². The molecular weight excluding hydrogens is 2470 g/mol. The van der Waals surface area contributed by atoms with Gasteiger partial charge in [0.25, 0.3) is 0 Å². The molecule has 4 N–H and O–H groups in total. The van der Waals surface area contributed by atoms with E-state index >= 15 is 0 Å². The van der Waals surface area contributed by atoms with Gasteiger partial charge in [0, 0.05) is 52.7 Å². The van der Waals surface area contributed by atoms with E-state index in [1.165, 1.54) is 142 Å². The van der Waals surface area contributed by atoms with E-state index in [4.69, 9.17) is 72.8 Å². The van der Waals surface area contributed by atoms with Gasteiger partial charge >= 0.3 is 151 Å². The molecule has 0 heterocycles. The summed E-state index contributed by atoms with van der Waals surface area (Å²) in [4.78, 5) is 14.2. The van der Waals surface area contributed by atoms with E-state index in [-0.39, 0.29) is 68.9 Å². The molecular formula is C109H122Cl8F20N4O5Zr4. The summed E-state index contributed by atoms with van der Waals surface area (Å²) >= 11 is -3.30. The maximum absolute atomic E-state index is 14.2. The van der Waals surface area contributed by atoms with Crippen LogP contribution >= 0.6 is 68.1 Å². The molecule has 41 heteroatoms. The Balaban J connectivity index is 0.000000294. The number of aryl methyl sites for hydroxylation is 2. The zero-order chi connectivity index (χ0) is 110. The molecule has 0 amide bonds. The minimum absolute atomic E-state index is 0.0517. The van der Waals surface area contributed by atoms with Crippen molar-refractivity contribution in [1.82, 2.24) is 0 Å². The Kier molecular flexibility index (Phi) is 65.7. The van der Waals surface area contributed by atoms with Gasteiger partial charge in [-0.25, -0.2) is 108 Å².